The minimum absolute atomic E-state index is 0.0530. The number of carbonyl (C=O) groups excluding carboxylic acids is 1. The summed E-state index contributed by atoms with van der Waals surface area (Å²) in [7, 11) is 0. The van der Waals surface area contributed by atoms with Crippen LogP contribution in [0.25, 0.3) is 0 Å². The molecule has 1 aromatic heterocycles. The van der Waals surface area contributed by atoms with E-state index in [2.05, 4.69) is 5.32 Å². The lowest BCUT2D eigenvalue weighted by molar-refractivity contribution is -0.116. The van der Waals surface area contributed by atoms with Crippen LogP contribution in [-0.2, 0) is 11.2 Å². The molecule has 1 aromatic carbocycles. The molecule has 4 heteroatoms. The van der Waals surface area contributed by atoms with Gasteiger partial charge in [0.25, 0.3) is 0 Å². The Bertz CT molecular complexity index is 479. The smallest absolute Gasteiger partial charge is 0.224 e. The number of hydrogen-bond acceptors (Lipinski definition) is 2. The number of rotatable bonds is 4. The highest BCUT2D eigenvalue weighted by Gasteiger charge is 2.03. The molecule has 0 aliphatic rings. The molecule has 0 atom stereocenters. The van der Waals surface area contributed by atoms with Gasteiger partial charge in [-0.25, -0.2) is 4.39 Å². The molecule has 0 bridgehead atoms. The van der Waals surface area contributed by atoms with Crippen molar-refractivity contribution in [1.82, 2.24) is 0 Å². The van der Waals surface area contributed by atoms with Gasteiger partial charge in [0.15, 0.2) is 0 Å². The summed E-state index contributed by atoms with van der Waals surface area (Å²) in [5.41, 5.74) is 1.80. The summed E-state index contributed by atoms with van der Waals surface area (Å²) in [5.74, 6) is -0.357. The van der Waals surface area contributed by atoms with Gasteiger partial charge in [-0.2, -0.15) is 11.3 Å². The van der Waals surface area contributed by atoms with Crippen LogP contribution in [0.15, 0.2) is 41.1 Å². The highest BCUT2D eigenvalue weighted by molar-refractivity contribution is 7.07. The van der Waals surface area contributed by atoms with E-state index in [1.807, 2.05) is 16.8 Å². The van der Waals surface area contributed by atoms with E-state index in [1.54, 1.807) is 23.5 Å². The number of anilines is 1. The van der Waals surface area contributed by atoms with Crippen molar-refractivity contribution in [1.29, 1.82) is 0 Å². The van der Waals surface area contributed by atoms with Crippen molar-refractivity contribution >= 4 is 22.9 Å². The third-order valence-corrected chi connectivity index (χ3v) is 3.08. The Morgan fingerprint density at radius 1 is 1.24 bits per heavy atom. The van der Waals surface area contributed by atoms with Crippen LogP contribution >= 0.6 is 11.3 Å². The van der Waals surface area contributed by atoms with Gasteiger partial charge in [-0.15, -0.1) is 0 Å². The Labute approximate surface area is 103 Å². The fourth-order valence-electron chi connectivity index (χ4n) is 1.45. The Balaban J connectivity index is 1.83. The maximum Gasteiger partial charge on any atom is 0.224 e. The second-order valence-electron chi connectivity index (χ2n) is 3.69. The summed E-state index contributed by atoms with van der Waals surface area (Å²) in [6.07, 6.45) is 1.17. The summed E-state index contributed by atoms with van der Waals surface area (Å²) in [6.45, 7) is 0. The molecule has 1 heterocycles. The molecule has 0 radical (unpaired) electrons. The zero-order valence-corrected chi connectivity index (χ0v) is 9.97. The molecule has 0 aliphatic heterocycles. The first-order chi connectivity index (χ1) is 8.24. The molecule has 0 saturated carbocycles. The van der Waals surface area contributed by atoms with Crippen LogP contribution in [0.4, 0.5) is 10.1 Å². The minimum atomic E-state index is -0.304. The standard InChI is InChI=1S/C13H12FNOS/c14-11-2-4-12(5-3-11)15-13(16)6-1-10-7-8-17-9-10/h2-5,7-9H,1,6H2,(H,15,16). The number of aryl methyl sites for hydroxylation is 1. The lowest BCUT2D eigenvalue weighted by atomic mass is 10.2. The van der Waals surface area contributed by atoms with Crippen LogP contribution in [0.3, 0.4) is 0 Å². The SMILES string of the molecule is O=C(CCc1ccsc1)Nc1ccc(F)cc1. The van der Waals surface area contributed by atoms with Gasteiger partial charge in [0.1, 0.15) is 5.82 Å². The Morgan fingerprint density at radius 3 is 2.65 bits per heavy atom. The van der Waals surface area contributed by atoms with E-state index in [1.165, 1.54) is 17.7 Å². The van der Waals surface area contributed by atoms with Crippen LogP contribution < -0.4 is 5.32 Å². The van der Waals surface area contributed by atoms with Gasteiger partial charge in [-0.3, -0.25) is 4.79 Å². The van der Waals surface area contributed by atoms with E-state index in [0.717, 1.165) is 6.42 Å². The van der Waals surface area contributed by atoms with Gasteiger partial charge in [0, 0.05) is 12.1 Å². The van der Waals surface area contributed by atoms with Gasteiger partial charge in [0.05, 0.1) is 0 Å². The summed E-state index contributed by atoms with van der Waals surface area (Å²) in [5, 5.41) is 6.76. The first-order valence-electron chi connectivity index (χ1n) is 5.30. The minimum Gasteiger partial charge on any atom is -0.326 e. The summed E-state index contributed by atoms with van der Waals surface area (Å²) < 4.78 is 12.6. The van der Waals surface area contributed by atoms with Gasteiger partial charge in [0.2, 0.25) is 5.91 Å². The molecule has 0 spiro atoms. The van der Waals surface area contributed by atoms with Gasteiger partial charge in [-0.05, 0) is 53.1 Å². The second kappa shape index (κ2) is 5.59. The lowest BCUT2D eigenvalue weighted by Crippen LogP contribution is -2.12. The van der Waals surface area contributed by atoms with E-state index in [0.29, 0.717) is 12.1 Å². The van der Waals surface area contributed by atoms with Crippen molar-refractivity contribution in [3.8, 4) is 0 Å². The largest absolute Gasteiger partial charge is 0.326 e. The molecule has 2 rings (SSSR count). The zero-order chi connectivity index (χ0) is 12.1. The van der Waals surface area contributed by atoms with E-state index in [-0.39, 0.29) is 11.7 Å². The molecule has 17 heavy (non-hydrogen) atoms. The van der Waals surface area contributed by atoms with E-state index in [4.69, 9.17) is 0 Å². The fourth-order valence-corrected chi connectivity index (χ4v) is 2.15. The molecule has 0 saturated heterocycles. The van der Waals surface area contributed by atoms with E-state index in [9.17, 15) is 9.18 Å². The molecule has 2 nitrogen and oxygen atoms in total. The van der Waals surface area contributed by atoms with Crippen molar-refractivity contribution < 1.29 is 9.18 Å². The summed E-state index contributed by atoms with van der Waals surface area (Å²) in [6, 6.07) is 7.77. The fraction of sp³-hybridized carbons (Fsp3) is 0.154. The van der Waals surface area contributed by atoms with Gasteiger partial charge >= 0.3 is 0 Å². The normalized spacial score (nSPS) is 10.2. The second-order valence-corrected chi connectivity index (χ2v) is 4.47. The van der Waals surface area contributed by atoms with Crippen LogP contribution in [0.5, 0.6) is 0 Å². The van der Waals surface area contributed by atoms with Crippen LogP contribution in [0.1, 0.15) is 12.0 Å². The lowest BCUT2D eigenvalue weighted by Gasteiger charge is -2.04. The molecule has 2 aromatic rings. The Kier molecular flexibility index (Phi) is 3.88. The van der Waals surface area contributed by atoms with Gasteiger partial charge in [-0.1, -0.05) is 0 Å². The number of benzene rings is 1. The predicted molar refractivity (Wildman–Crippen MR) is 67.7 cm³/mol. The predicted octanol–water partition coefficient (Wildman–Crippen LogP) is 3.46. The van der Waals surface area contributed by atoms with Crippen molar-refractivity contribution in [3.63, 3.8) is 0 Å². The highest BCUT2D eigenvalue weighted by Crippen LogP contribution is 2.11. The van der Waals surface area contributed by atoms with E-state index >= 15 is 0 Å². The van der Waals surface area contributed by atoms with Crippen LogP contribution in [-0.4, -0.2) is 5.91 Å². The molecule has 1 amide bonds. The number of thiophene rings is 1. The summed E-state index contributed by atoms with van der Waals surface area (Å²) >= 11 is 1.62. The molecule has 0 unspecified atom stereocenters. The first kappa shape index (κ1) is 11.8. The van der Waals surface area contributed by atoms with Gasteiger partial charge < -0.3 is 5.32 Å². The van der Waals surface area contributed by atoms with Crippen molar-refractivity contribution in [2.24, 2.45) is 0 Å². The molecule has 88 valence electrons. The molecular formula is C13H12FNOS. The molecule has 0 fully saturated rings. The number of carbonyl (C=O) groups is 1. The summed E-state index contributed by atoms with van der Waals surface area (Å²) in [4.78, 5) is 11.6. The van der Waals surface area contributed by atoms with Crippen LogP contribution in [0.2, 0.25) is 0 Å². The van der Waals surface area contributed by atoms with Crippen LogP contribution in [0, 0.1) is 5.82 Å². The molecule has 1 N–H and O–H groups in total. The highest BCUT2D eigenvalue weighted by atomic mass is 32.1. The number of nitrogens with one attached hydrogen (secondary N) is 1. The maximum absolute atomic E-state index is 12.6. The maximum atomic E-state index is 12.6. The Hall–Kier alpha value is -1.68. The third kappa shape index (κ3) is 3.67. The zero-order valence-electron chi connectivity index (χ0n) is 9.15. The quantitative estimate of drug-likeness (QED) is 0.883. The van der Waals surface area contributed by atoms with Crippen molar-refractivity contribution in [2.75, 3.05) is 5.32 Å². The van der Waals surface area contributed by atoms with Crippen molar-refractivity contribution in [2.45, 2.75) is 12.8 Å². The Morgan fingerprint density at radius 2 is 2.00 bits per heavy atom. The molecule has 0 aliphatic carbocycles. The van der Waals surface area contributed by atoms with Crippen molar-refractivity contribution in [3.05, 3.63) is 52.5 Å². The average Bonchev–Trinajstić information content (AvgIpc) is 2.83. The first-order valence-corrected chi connectivity index (χ1v) is 6.25. The van der Waals surface area contributed by atoms with E-state index < -0.39 is 0 Å². The number of hydrogen-bond donors (Lipinski definition) is 1. The number of halogens is 1. The molecular weight excluding hydrogens is 237 g/mol. The monoisotopic (exact) mass is 249 g/mol. The average molecular weight is 249 g/mol. The third-order valence-electron chi connectivity index (χ3n) is 2.35. The topological polar surface area (TPSA) is 29.1 Å². The number of amides is 1.